The fraction of sp³-hybridized carbons (Fsp3) is 0.0769. The summed E-state index contributed by atoms with van der Waals surface area (Å²) >= 11 is 0. The van der Waals surface area contributed by atoms with Gasteiger partial charge in [0.05, 0.1) is 7.11 Å². The van der Waals surface area contributed by atoms with Gasteiger partial charge in [0.15, 0.2) is 0 Å². The average molecular weight is 244 g/mol. The molecule has 0 aliphatic rings. The van der Waals surface area contributed by atoms with E-state index in [0.717, 1.165) is 10.8 Å². The van der Waals surface area contributed by atoms with Crippen LogP contribution in [0.1, 0.15) is 0 Å². The number of hydrogen-bond donors (Lipinski definition) is 2. The van der Waals surface area contributed by atoms with Crippen molar-refractivity contribution in [3.05, 3.63) is 42.5 Å². The van der Waals surface area contributed by atoms with E-state index in [-0.39, 0.29) is 0 Å². The van der Waals surface area contributed by atoms with Crippen molar-refractivity contribution in [2.24, 2.45) is 0 Å². The summed E-state index contributed by atoms with van der Waals surface area (Å²) in [6.07, 6.45) is 0. The predicted molar refractivity (Wildman–Crippen MR) is 67.7 cm³/mol. The Morgan fingerprint density at radius 1 is 1.00 bits per heavy atom. The Labute approximate surface area is 104 Å². The number of fused-ring (bicyclic) bond motifs is 1. The van der Waals surface area contributed by atoms with E-state index in [2.05, 4.69) is 10.2 Å². The summed E-state index contributed by atoms with van der Waals surface area (Å²) in [4.78, 5) is 27.2. The molecule has 0 fully saturated rings. The molecule has 2 N–H and O–H groups in total. The normalized spacial score (nSPS) is 10.1. The zero-order chi connectivity index (χ0) is 13.0. The van der Waals surface area contributed by atoms with Gasteiger partial charge in [-0.1, -0.05) is 36.4 Å². The Morgan fingerprint density at radius 3 is 2.50 bits per heavy atom. The largest absolute Gasteiger partial charge is 0.333 e. The van der Waals surface area contributed by atoms with Gasteiger partial charge in [-0.2, -0.15) is 0 Å². The molecule has 0 heterocycles. The second kappa shape index (κ2) is 5.29. The number of anilines is 1. The average Bonchev–Trinajstić information content (AvgIpc) is 2.39. The zero-order valence-electron chi connectivity index (χ0n) is 9.77. The number of rotatable bonds is 2. The predicted octanol–water partition coefficient (Wildman–Crippen LogP) is 1.46. The van der Waals surface area contributed by atoms with E-state index >= 15 is 0 Å². The number of carbonyl (C=O) groups excluding carboxylic acids is 2. The van der Waals surface area contributed by atoms with Crippen LogP contribution in [0.3, 0.4) is 0 Å². The maximum absolute atomic E-state index is 11.5. The molecular weight excluding hydrogens is 232 g/mol. The molecule has 0 spiro atoms. The van der Waals surface area contributed by atoms with Crippen LogP contribution >= 0.6 is 0 Å². The summed E-state index contributed by atoms with van der Waals surface area (Å²) in [6, 6.07) is 13.1. The van der Waals surface area contributed by atoms with E-state index in [1.165, 1.54) is 7.11 Å². The molecule has 5 nitrogen and oxygen atoms in total. The Kier molecular flexibility index (Phi) is 3.54. The number of carbonyl (C=O) groups is 2. The summed E-state index contributed by atoms with van der Waals surface area (Å²) in [5.74, 6) is -1.61. The quantitative estimate of drug-likeness (QED) is 0.620. The maximum Gasteiger partial charge on any atom is 0.333 e. The van der Waals surface area contributed by atoms with Crippen LogP contribution in [0.2, 0.25) is 0 Å². The summed E-state index contributed by atoms with van der Waals surface area (Å²) in [6.45, 7) is 0. The van der Waals surface area contributed by atoms with Gasteiger partial charge in [0.25, 0.3) is 0 Å². The third kappa shape index (κ3) is 2.46. The minimum absolute atomic E-state index is 0.587. The lowest BCUT2D eigenvalue weighted by atomic mass is 10.1. The number of amides is 2. The molecule has 92 valence electrons. The smallest absolute Gasteiger partial charge is 0.317 e. The number of hydroxylamine groups is 1. The Hall–Kier alpha value is -2.40. The molecule has 2 aromatic carbocycles. The maximum atomic E-state index is 11.5. The highest BCUT2D eigenvalue weighted by molar-refractivity contribution is 6.39. The van der Waals surface area contributed by atoms with Gasteiger partial charge >= 0.3 is 11.8 Å². The molecule has 0 aromatic heterocycles. The van der Waals surface area contributed by atoms with E-state index in [1.54, 1.807) is 6.07 Å². The highest BCUT2D eigenvalue weighted by Crippen LogP contribution is 2.22. The Morgan fingerprint density at radius 2 is 1.72 bits per heavy atom. The third-order valence-electron chi connectivity index (χ3n) is 2.44. The van der Waals surface area contributed by atoms with E-state index in [4.69, 9.17) is 0 Å². The molecule has 0 unspecified atom stereocenters. The van der Waals surface area contributed by atoms with Gasteiger partial charge < -0.3 is 5.32 Å². The van der Waals surface area contributed by atoms with Crippen LogP contribution in [0, 0.1) is 0 Å². The van der Waals surface area contributed by atoms with Crippen LogP contribution in [0.5, 0.6) is 0 Å². The van der Waals surface area contributed by atoms with Crippen molar-refractivity contribution in [1.82, 2.24) is 5.48 Å². The van der Waals surface area contributed by atoms with Crippen LogP contribution in [0.25, 0.3) is 10.8 Å². The number of hydrogen-bond acceptors (Lipinski definition) is 3. The van der Waals surface area contributed by atoms with E-state index in [0.29, 0.717) is 5.69 Å². The van der Waals surface area contributed by atoms with Crippen molar-refractivity contribution in [2.45, 2.75) is 0 Å². The second-order valence-electron chi connectivity index (χ2n) is 3.62. The first-order chi connectivity index (χ1) is 8.72. The topological polar surface area (TPSA) is 67.4 Å². The fourth-order valence-corrected chi connectivity index (χ4v) is 1.65. The Balaban J connectivity index is 2.27. The van der Waals surface area contributed by atoms with Crippen LogP contribution in [-0.2, 0) is 14.4 Å². The summed E-state index contributed by atoms with van der Waals surface area (Å²) < 4.78 is 0. The van der Waals surface area contributed by atoms with Crippen LogP contribution in [-0.4, -0.2) is 18.9 Å². The highest BCUT2D eigenvalue weighted by atomic mass is 16.6. The third-order valence-corrected chi connectivity index (χ3v) is 2.44. The zero-order valence-corrected chi connectivity index (χ0v) is 9.77. The van der Waals surface area contributed by atoms with Crippen molar-refractivity contribution >= 4 is 28.3 Å². The first-order valence-corrected chi connectivity index (χ1v) is 5.34. The van der Waals surface area contributed by atoms with Gasteiger partial charge in [-0.25, -0.2) is 5.48 Å². The highest BCUT2D eigenvalue weighted by Gasteiger charge is 2.14. The molecule has 5 heteroatoms. The molecule has 2 amide bonds. The molecule has 2 rings (SSSR count). The van der Waals surface area contributed by atoms with Crippen molar-refractivity contribution in [3.63, 3.8) is 0 Å². The summed E-state index contributed by atoms with van der Waals surface area (Å²) in [5, 5.41) is 4.40. The minimum Gasteiger partial charge on any atom is -0.317 e. The molecule has 2 aromatic rings. The van der Waals surface area contributed by atoms with E-state index < -0.39 is 11.8 Å². The lowest BCUT2D eigenvalue weighted by molar-refractivity contribution is -0.142. The molecule has 0 atom stereocenters. The molecule has 0 saturated heterocycles. The van der Waals surface area contributed by atoms with Crippen LogP contribution in [0.4, 0.5) is 5.69 Å². The molecular formula is C13H12N2O3. The second-order valence-corrected chi connectivity index (χ2v) is 3.62. The fourth-order valence-electron chi connectivity index (χ4n) is 1.65. The van der Waals surface area contributed by atoms with Crippen molar-refractivity contribution in [3.8, 4) is 0 Å². The monoisotopic (exact) mass is 244 g/mol. The molecule has 0 radical (unpaired) electrons. The SMILES string of the molecule is CONC(=O)C(=O)Nc1cccc2ccccc12. The van der Waals surface area contributed by atoms with E-state index in [9.17, 15) is 9.59 Å². The first-order valence-electron chi connectivity index (χ1n) is 5.34. The van der Waals surface area contributed by atoms with Gasteiger partial charge in [0, 0.05) is 11.1 Å². The first kappa shape index (κ1) is 12.1. The molecule has 0 saturated carbocycles. The van der Waals surface area contributed by atoms with Crippen molar-refractivity contribution in [1.29, 1.82) is 0 Å². The van der Waals surface area contributed by atoms with Gasteiger partial charge in [0.1, 0.15) is 0 Å². The molecule has 0 aliphatic carbocycles. The number of nitrogens with one attached hydrogen (secondary N) is 2. The lowest BCUT2D eigenvalue weighted by Crippen LogP contribution is -2.34. The lowest BCUT2D eigenvalue weighted by Gasteiger charge is -2.08. The Bertz CT molecular complexity index is 590. The van der Waals surface area contributed by atoms with Crippen LogP contribution in [0.15, 0.2) is 42.5 Å². The molecule has 0 aliphatic heterocycles. The van der Waals surface area contributed by atoms with Gasteiger partial charge in [0.2, 0.25) is 0 Å². The van der Waals surface area contributed by atoms with Crippen molar-refractivity contribution in [2.75, 3.05) is 12.4 Å². The van der Waals surface area contributed by atoms with Gasteiger partial charge in [-0.05, 0) is 11.5 Å². The summed E-state index contributed by atoms with van der Waals surface area (Å²) in [7, 11) is 1.27. The van der Waals surface area contributed by atoms with E-state index in [1.807, 2.05) is 41.9 Å². The van der Waals surface area contributed by atoms with Crippen molar-refractivity contribution < 1.29 is 14.4 Å². The van der Waals surface area contributed by atoms with Gasteiger partial charge in [-0.15, -0.1) is 0 Å². The van der Waals surface area contributed by atoms with Crippen LogP contribution < -0.4 is 10.8 Å². The number of benzene rings is 2. The molecule has 0 bridgehead atoms. The molecule has 18 heavy (non-hydrogen) atoms. The standard InChI is InChI=1S/C13H12N2O3/c1-18-15-13(17)12(16)14-11-8-4-6-9-5-2-3-7-10(9)11/h2-8H,1H3,(H,14,16)(H,15,17). The minimum atomic E-state index is -0.842. The van der Waals surface area contributed by atoms with Gasteiger partial charge in [-0.3, -0.25) is 14.4 Å². The summed E-state index contributed by atoms with van der Waals surface area (Å²) in [5.41, 5.74) is 2.55.